The molecule has 1 aliphatic rings. The molecule has 1 aliphatic heterocycles. The van der Waals surface area contributed by atoms with Crippen LogP contribution in [0, 0.1) is 6.92 Å². The third kappa shape index (κ3) is 5.63. The number of nitrogens with one attached hydrogen (secondary N) is 1. The number of carbonyl (C=O) groups is 4. The van der Waals surface area contributed by atoms with Crippen molar-refractivity contribution < 1.29 is 19.2 Å². The first-order valence-corrected chi connectivity index (χ1v) is 12.0. The van der Waals surface area contributed by atoms with Crippen LogP contribution in [0.15, 0.2) is 72.8 Å². The van der Waals surface area contributed by atoms with Crippen molar-refractivity contribution in [1.82, 2.24) is 4.90 Å². The Balaban J connectivity index is 1.60. The molecule has 7 nitrogen and oxygen atoms in total. The van der Waals surface area contributed by atoms with Crippen LogP contribution in [-0.2, 0) is 20.8 Å². The number of nitrogens with zero attached hydrogens (tertiary/aromatic N) is 2. The summed E-state index contributed by atoms with van der Waals surface area (Å²) in [6.07, 6.45) is 0.362. The van der Waals surface area contributed by atoms with Crippen LogP contribution in [0.2, 0.25) is 5.02 Å². The molecule has 4 amide bonds. The van der Waals surface area contributed by atoms with E-state index in [1.165, 1.54) is 11.8 Å². The molecular formula is C28H26ClN3O4. The highest BCUT2D eigenvalue weighted by molar-refractivity contribution is 6.30. The zero-order chi connectivity index (χ0) is 25.8. The molecule has 8 heteroatoms. The van der Waals surface area contributed by atoms with Gasteiger partial charge < -0.3 is 10.2 Å². The Labute approximate surface area is 214 Å². The van der Waals surface area contributed by atoms with Gasteiger partial charge in [0.15, 0.2) is 0 Å². The van der Waals surface area contributed by atoms with E-state index in [9.17, 15) is 19.2 Å². The van der Waals surface area contributed by atoms with Crippen molar-refractivity contribution in [3.8, 4) is 0 Å². The highest BCUT2D eigenvalue weighted by atomic mass is 35.5. The van der Waals surface area contributed by atoms with Crippen molar-refractivity contribution in [2.75, 3.05) is 16.8 Å². The normalized spacial score (nSPS) is 15.2. The zero-order valence-corrected chi connectivity index (χ0v) is 20.8. The lowest BCUT2D eigenvalue weighted by Crippen LogP contribution is -2.46. The van der Waals surface area contributed by atoms with E-state index in [4.69, 9.17) is 11.6 Å². The third-order valence-electron chi connectivity index (χ3n) is 6.03. The number of hydrogen-bond donors (Lipinski definition) is 1. The maximum Gasteiger partial charge on any atom is 0.257 e. The molecule has 3 aromatic rings. The van der Waals surface area contributed by atoms with Crippen LogP contribution in [0.1, 0.15) is 34.8 Å². The fraction of sp³-hybridized carbons (Fsp3) is 0.214. The summed E-state index contributed by atoms with van der Waals surface area (Å²) in [6.45, 7) is 3.57. The highest BCUT2D eigenvalue weighted by Crippen LogP contribution is 2.28. The molecule has 1 fully saturated rings. The van der Waals surface area contributed by atoms with Gasteiger partial charge in [0, 0.05) is 29.7 Å². The van der Waals surface area contributed by atoms with E-state index in [0.717, 1.165) is 16.0 Å². The Morgan fingerprint density at radius 1 is 1.03 bits per heavy atom. The first kappa shape index (κ1) is 25.1. The fourth-order valence-corrected chi connectivity index (χ4v) is 4.44. The summed E-state index contributed by atoms with van der Waals surface area (Å²) < 4.78 is 0. The quantitative estimate of drug-likeness (QED) is 0.476. The van der Waals surface area contributed by atoms with Gasteiger partial charge in [-0.2, -0.15) is 0 Å². The SMILES string of the molecule is CC(=O)Nc1ccc(N2C(=O)CC(N(CCc3cccc(Cl)c3)C(=O)c3ccc(C)cc3)C2=O)cc1. The lowest BCUT2D eigenvalue weighted by molar-refractivity contribution is -0.122. The molecule has 1 unspecified atom stereocenters. The first-order chi connectivity index (χ1) is 17.2. The van der Waals surface area contributed by atoms with Gasteiger partial charge in [0.25, 0.3) is 11.8 Å². The summed E-state index contributed by atoms with van der Waals surface area (Å²) in [5, 5.41) is 3.24. The molecule has 184 valence electrons. The van der Waals surface area contributed by atoms with E-state index in [2.05, 4.69) is 5.32 Å². The van der Waals surface area contributed by atoms with Gasteiger partial charge >= 0.3 is 0 Å². The van der Waals surface area contributed by atoms with Crippen LogP contribution < -0.4 is 10.2 Å². The van der Waals surface area contributed by atoms with Crippen molar-refractivity contribution in [3.05, 3.63) is 94.5 Å². The average Bonchev–Trinajstić information content (AvgIpc) is 3.13. The van der Waals surface area contributed by atoms with Crippen molar-refractivity contribution >= 4 is 46.6 Å². The summed E-state index contributed by atoms with van der Waals surface area (Å²) >= 11 is 6.12. The van der Waals surface area contributed by atoms with Gasteiger partial charge in [-0.3, -0.25) is 19.2 Å². The number of aryl methyl sites for hydroxylation is 1. The van der Waals surface area contributed by atoms with E-state index in [1.54, 1.807) is 42.5 Å². The standard InChI is InChI=1S/C28H26ClN3O4/c1-18-6-8-21(9-7-18)27(35)31(15-14-20-4-3-5-22(29)16-20)25-17-26(34)32(28(25)36)24-12-10-23(11-13-24)30-19(2)33/h3-13,16,25H,14-15,17H2,1-2H3,(H,30,33). The second-order valence-electron chi connectivity index (χ2n) is 8.76. The Kier molecular flexibility index (Phi) is 7.50. The van der Waals surface area contributed by atoms with Gasteiger partial charge in [0.05, 0.1) is 12.1 Å². The third-order valence-corrected chi connectivity index (χ3v) is 6.27. The molecule has 0 aliphatic carbocycles. The average molecular weight is 504 g/mol. The summed E-state index contributed by atoms with van der Waals surface area (Å²) in [5.41, 5.74) is 3.33. The summed E-state index contributed by atoms with van der Waals surface area (Å²) in [4.78, 5) is 53.9. The first-order valence-electron chi connectivity index (χ1n) is 11.6. The molecule has 0 spiro atoms. The van der Waals surface area contributed by atoms with Crippen LogP contribution in [0.4, 0.5) is 11.4 Å². The van der Waals surface area contributed by atoms with Gasteiger partial charge in [-0.25, -0.2) is 4.90 Å². The summed E-state index contributed by atoms with van der Waals surface area (Å²) in [5.74, 6) is -1.38. The lowest BCUT2D eigenvalue weighted by atomic mass is 10.1. The summed E-state index contributed by atoms with van der Waals surface area (Å²) in [6, 6.07) is 20.0. The lowest BCUT2D eigenvalue weighted by Gasteiger charge is -2.28. The minimum atomic E-state index is -0.930. The van der Waals surface area contributed by atoms with Crippen LogP contribution >= 0.6 is 11.6 Å². The molecule has 1 atom stereocenters. The molecule has 0 aromatic heterocycles. The number of benzene rings is 3. The Hall–Kier alpha value is -3.97. The number of imide groups is 1. The predicted molar refractivity (Wildman–Crippen MR) is 139 cm³/mol. The second kappa shape index (κ2) is 10.7. The maximum absolute atomic E-state index is 13.6. The molecule has 1 N–H and O–H groups in total. The van der Waals surface area contributed by atoms with Crippen molar-refractivity contribution in [3.63, 3.8) is 0 Å². The molecule has 3 aromatic carbocycles. The minimum Gasteiger partial charge on any atom is -0.326 e. The van der Waals surface area contributed by atoms with E-state index < -0.39 is 11.9 Å². The van der Waals surface area contributed by atoms with Crippen LogP contribution in [0.3, 0.4) is 0 Å². The van der Waals surface area contributed by atoms with E-state index in [1.807, 2.05) is 37.3 Å². The van der Waals surface area contributed by atoms with Gasteiger partial charge in [-0.15, -0.1) is 0 Å². The van der Waals surface area contributed by atoms with Gasteiger partial charge in [0.2, 0.25) is 11.8 Å². The van der Waals surface area contributed by atoms with E-state index in [-0.39, 0.29) is 30.7 Å². The largest absolute Gasteiger partial charge is 0.326 e. The summed E-state index contributed by atoms with van der Waals surface area (Å²) in [7, 11) is 0. The molecule has 0 bridgehead atoms. The molecular weight excluding hydrogens is 478 g/mol. The van der Waals surface area contributed by atoms with E-state index >= 15 is 0 Å². The van der Waals surface area contributed by atoms with Crippen LogP contribution in [0.5, 0.6) is 0 Å². The second-order valence-corrected chi connectivity index (χ2v) is 9.20. The Morgan fingerprint density at radius 2 is 1.72 bits per heavy atom. The van der Waals surface area contributed by atoms with Gasteiger partial charge in [-0.05, 0) is 67.4 Å². The minimum absolute atomic E-state index is 0.112. The number of carbonyl (C=O) groups excluding carboxylic acids is 4. The zero-order valence-electron chi connectivity index (χ0n) is 20.0. The smallest absolute Gasteiger partial charge is 0.257 e. The van der Waals surface area contributed by atoms with E-state index in [0.29, 0.717) is 28.4 Å². The van der Waals surface area contributed by atoms with Gasteiger partial charge in [-0.1, -0.05) is 41.4 Å². The predicted octanol–water partition coefficient (Wildman–Crippen LogP) is 4.62. The molecule has 0 saturated carbocycles. The monoisotopic (exact) mass is 503 g/mol. The topological polar surface area (TPSA) is 86.8 Å². The van der Waals surface area contributed by atoms with Crippen LogP contribution in [-0.4, -0.2) is 41.1 Å². The molecule has 0 radical (unpaired) electrons. The molecule has 36 heavy (non-hydrogen) atoms. The van der Waals surface area contributed by atoms with Crippen molar-refractivity contribution in [1.29, 1.82) is 0 Å². The van der Waals surface area contributed by atoms with Crippen molar-refractivity contribution in [2.24, 2.45) is 0 Å². The van der Waals surface area contributed by atoms with Gasteiger partial charge in [0.1, 0.15) is 6.04 Å². The Morgan fingerprint density at radius 3 is 2.36 bits per heavy atom. The molecule has 1 saturated heterocycles. The van der Waals surface area contributed by atoms with Crippen molar-refractivity contribution in [2.45, 2.75) is 32.7 Å². The molecule has 4 rings (SSSR count). The fourth-order valence-electron chi connectivity index (χ4n) is 4.23. The number of anilines is 2. The highest BCUT2D eigenvalue weighted by Gasteiger charge is 2.44. The number of halogens is 1. The Bertz CT molecular complexity index is 1310. The number of amides is 4. The number of rotatable bonds is 7. The maximum atomic E-state index is 13.6. The molecule has 1 heterocycles. The number of hydrogen-bond acceptors (Lipinski definition) is 4. The van der Waals surface area contributed by atoms with Crippen LogP contribution in [0.25, 0.3) is 0 Å².